The number of carbonyl (C=O) groups excluding carboxylic acids is 1. The van der Waals surface area contributed by atoms with Crippen molar-refractivity contribution >= 4 is 17.5 Å². The van der Waals surface area contributed by atoms with Gasteiger partial charge in [0.15, 0.2) is 11.5 Å². The number of Topliss-reactive ketones (excluding diaryl/α,β-unsaturated/α-hetero) is 1. The fourth-order valence-corrected chi connectivity index (χ4v) is 3.59. The molecule has 22 heavy (non-hydrogen) atoms. The number of benzene rings is 1. The standard InChI is InChI=1S/C15H14N2O4S/c18-10-3-1-2-4-13(10)22-15-17-16-14(21-15)9-5-6-11-12(7-9)20-8-19-11/h5-7,13H,1-4,8H2/t13-/m0/s1. The Morgan fingerprint density at radius 1 is 1.14 bits per heavy atom. The number of hydrogen-bond donors (Lipinski definition) is 0. The number of carbonyl (C=O) groups is 1. The van der Waals surface area contributed by atoms with Crippen LogP contribution >= 0.6 is 11.8 Å². The molecule has 0 saturated heterocycles. The van der Waals surface area contributed by atoms with E-state index in [-0.39, 0.29) is 17.8 Å². The normalized spacial score (nSPS) is 20.4. The van der Waals surface area contributed by atoms with Crippen LogP contribution in [0.3, 0.4) is 0 Å². The van der Waals surface area contributed by atoms with E-state index in [2.05, 4.69) is 10.2 Å². The Kier molecular flexibility index (Phi) is 3.49. The van der Waals surface area contributed by atoms with Crippen LogP contribution < -0.4 is 9.47 Å². The van der Waals surface area contributed by atoms with Gasteiger partial charge in [0.1, 0.15) is 5.78 Å². The minimum Gasteiger partial charge on any atom is -0.454 e. The fourth-order valence-electron chi connectivity index (χ4n) is 2.60. The molecule has 114 valence electrons. The van der Waals surface area contributed by atoms with Crippen molar-refractivity contribution in [2.75, 3.05) is 6.79 Å². The molecule has 1 atom stereocenters. The number of aromatic nitrogens is 2. The third kappa shape index (κ3) is 2.56. The molecule has 7 heteroatoms. The van der Waals surface area contributed by atoms with Gasteiger partial charge in [0.2, 0.25) is 12.7 Å². The van der Waals surface area contributed by atoms with Crippen LogP contribution in [-0.4, -0.2) is 28.0 Å². The van der Waals surface area contributed by atoms with Crippen molar-refractivity contribution in [1.29, 1.82) is 0 Å². The van der Waals surface area contributed by atoms with Gasteiger partial charge in [-0.3, -0.25) is 4.79 Å². The van der Waals surface area contributed by atoms with Gasteiger partial charge in [-0.1, -0.05) is 18.2 Å². The van der Waals surface area contributed by atoms with E-state index in [1.54, 1.807) is 0 Å². The van der Waals surface area contributed by atoms with E-state index < -0.39 is 0 Å². The van der Waals surface area contributed by atoms with E-state index in [1.165, 1.54) is 11.8 Å². The molecule has 2 heterocycles. The maximum atomic E-state index is 11.9. The van der Waals surface area contributed by atoms with E-state index >= 15 is 0 Å². The lowest BCUT2D eigenvalue weighted by molar-refractivity contribution is -0.119. The van der Waals surface area contributed by atoms with E-state index in [9.17, 15) is 4.79 Å². The summed E-state index contributed by atoms with van der Waals surface area (Å²) < 4.78 is 16.3. The Labute approximate surface area is 131 Å². The van der Waals surface area contributed by atoms with Crippen molar-refractivity contribution < 1.29 is 18.7 Å². The lowest BCUT2D eigenvalue weighted by Crippen LogP contribution is -2.21. The first-order valence-electron chi connectivity index (χ1n) is 7.22. The minimum atomic E-state index is -0.0567. The molecule has 0 spiro atoms. The monoisotopic (exact) mass is 318 g/mol. The second kappa shape index (κ2) is 5.64. The average Bonchev–Trinajstić information content (AvgIpc) is 3.17. The van der Waals surface area contributed by atoms with Crippen LogP contribution in [0.1, 0.15) is 25.7 Å². The van der Waals surface area contributed by atoms with Crippen molar-refractivity contribution in [2.45, 2.75) is 36.2 Å². The van der Waals surface area contributed by atoms with Gasteiger partial charge in [-0.2, -0.15) is 0 Å². The van der Waals surface area contributed by atoms with Gasteiger partial charge in [0.05, 0.1) is 5.25 Å². The maximum absolute atomic E-state index is 11.9. The van der Waals surface area contributed by atoms with Crippen LogP contribution in [0.2, 0.25) is 0 Å². The summed E-state index contributed by atoms with van der Waals surface area (Å²) in [6, 6.07) is 5.48. The van der Waals surface area contributed by atoms with E-state index in [4.69, 9.17) is 13.9 Å². The lowest BCUT2D eigenvalue weighted by atomic mass is 9.99. The maximum Gasteiger partial charge on any atom is 0.277 e. The highest BCUT2D eigenvalue weighted by Crippen LogP contribution is 2.37. The quantitative estimate of drug-likeness (QED) is 0.861. The van der Waals surface area contributed by atoms with Crippen LogP contribution in [0.5, 0.6) is 11.5 Å². The number of ketones is 1. The Bertz CT molecular complexity index is 715. The summed E-state index contributed by atoms with van der Waals surface area (Å²) in [5, 5.41) is 8.48. The average molecular weight is 318 g/mol. The first-order valence-corrected chi connectivity index (χ1v) is 8.10. The molecule has 4 rings (SSSR count). The number of nitrogens with zero attached hydrogens (tertiary/aromatic N) is 2. The third-order valence-corrected chi connectivity index (χ3v) is 4.92. The predicted molar refractivity (Wildman–Crippen MR) is 79.0 cm³/mol. The molecule has 2 aromatic rings. The van der Waals surface area contributed by atoms with Crippen LogP contribution in [0.15, 0.2) is 27.8 Å². The molecule has 6 nitrogen and oxygen atoms in total. The summed E-state index contributed by atoms with van der Waals surface area (Å²) >= 11 is 1.37. The zero-order valence-corrected chi connectivity index (χ0v) is 12.6. The minimum absolute atomic E-state index is 0.0567. The first kappa shape index (κ1) is 13.6. The molecule has 1 saturated carbocycles. The Morgan fingerprint density at radius 3 is 2.95 bits per heavy atom. The van der Waals surface area contributed by atoms with Crippen molar-refractivity contribution in [3.8, 4) is 23.0 Å². The smallest absolute Gasteiger partial charge is 0.277 e. The Hall–Kier alpha value is -2.02. The van der Waals surface area contributed by atoms with E-state index in [1.807, 2.05) is 18.2 Å². The second-order valence-electron chi connectivity index (χ2n) is 5.26. The molecular weight excluding hydrogens is 304 g/mol. The van der Waals surface area contributed by atoms with Gasteiger partial charge >= 0.3 is 0 Å². The molecule has 2 aliphatic rings. The molecule has 0 N–H and O–H groups in total. The summed E-state index contributed by atoms with van der Waals surface area (Å²) in [6.07, 6.45) is 3.60. The van der Waals surface area contributed by atoms with Gasteiger partial charge in [-0.05, 0) is 31.0 Å². The summed E-state index contributed by atoms with van der Waals surface area (Å²) in [6.45, 7) is 0.230. The van der Waals surface area contributed by atoms with Crippen LogP contribution in [0.4, 0.5) is 0 Å². The molecule has 1 aromatic heterocycles. The zero-order chi connectivity index (χ0) is 14.9. The molecular formula is C15H14N2O4S. The summed E-state index contributed by atoms with van der Waals surface area (Å²) in [7, 11) is 0. The van der Waals surface area contributed by atoms with E-state index in [0.717, 1.165) is 24.8 Å². The SMILES string of the molecule is O=C1CCCC[C@@H]1Sc1nnc(-c2ccc3c(c2)OCO3)o1. The molecule has 1 fully saturated rings. The summed E-state index contributed by atoms with van der Waals surface area (Å²) in [5.41, 5.74) is 0.776. The number of fused-ring (bicyclic) bond motifs is 1. The molecule has 0 unspecified atom stereocenters. The second-order valence-corrected chi connectivity index (χ2v) is 6.41. The molecule has 1 aliphatic heterocycles. The van der Waals surface area contributed by atoms with Gasteiger partial charge in [-0.15, -0.1) is 10.2 Å². The van der Waals surface area contributed by atoms with Gasteiger partial charge < -0.3 is 13.9 Å². The highest BCUT2D eigenvalue weighted by atomic mass is 32.2. The van der Waals surface area contributed by atoms with E-state index in [0.29, 0.717) is 29.0 Å². The van der Waals surface area contributed by atoms with Crippen molar-refractivity contribution in [2.24, 2.45) is 0 Å². The summed E-state index contributed by atoms with van der Waals surface area (Å²) in [4.78, 5) is 11.9. The predicted octanol–water partition coefficient (Wildman–Crippen LogP) is 3.07. The molecule has 0 radical (unpaired) electrons. The van der Waals surface area contributed by atoms with Crippen molar-refractivity contribution in [3.05, 3.63) is 18.2 Å². The molecule has 0 bridgehead atoms. The fraction of sp³-hybridized carbons (Fsp3) is 0.400. The number of hydrogen-bond acceptors (Lipinski definition) is 7. The van der Waals surface area contributed by atoms with Crippen LogP contribution in [0.25, 0.3) is 11.5 Å². The molecule has 1 aromatic carbocycles. The number of ether oxygens (including phenoxy) is 2. The highest BCUT2D eigenvalue weighted by molar-refractivity contribution is 8.00. The zero-order valence-electron chi connectivity index (χ0n) is 11.8. The number of thioether (sulfide) groups is 1. The van der Waals surface area contributed by atoms with Gasteiger partial charge in [-0.25, -0.2) is 0 Å². The Morgan fingerprint density at radius 2 is 2.05 bits per heavy atom. The summed E-state index contributed by atoms with van der Waals surface area (Å²) in [5.74, 6) is 2.08. The highest BCUT2D eigenvalue weighted by Gasteiger charge is 2.25. The molecule has 0 amide bonds. The van der Waals surface area contributed by atoms with Crippen molar-refractivity contribution in [3.63, 3.8) is 0 Å². The van der Waals surface area contributed by atoms with Crippen LogP contribution in [-0.2, 0) is 4.79 Å². The first-order chi connectivity index (χ1) is 10.8. The molecule has 1 aliphatic carbocycles. The Balaban J connectivity index is 1.52. The van der Waals surface area contributed by atoms with Gasteiger partial charge in [0.25, 0.3) is 5.22 Å². The number of rotatable bonds is 3. The topological polar surface area (TPSA) is 74.5 Å². The largest absolute Gasteiger partial charge is 0.454 e. The van der Waals surface area contributed by atoms with Crippen molar-refractivity contribution in [1.82, 2.24) is 10.2 Å². The van der Waals surface area contributed by atoms with Gasteiger partial charge in [0, 0.05) is 12.0 Å². The third-order valence-electron chi connectivity index (χ3n) is 3.77. The lowest BCUT2D eigenvalue weighted by Gasteiger charge is -2.17. The van der Waals surface area contributed by atoms with Crippen LogP contribution in [0, 0.1) is 0 Å².